The third kappa shape index (κ3) is 10.1. The zero-order valence-electron chi connectivity index (χ0n) is 57.5. The van der Waals surface area contributed by atoms with Crippen LogP contribution in [0.1, 0.15) is 0 Å². The Bertz CT molecular complexity index is 6200. The van der Waals surface area contributed by atoms with E-state index < -0.39 is 0 Å². The molecule has 0 N–H and O–H groups in total. The van der Waals surface area contributed by atoms with Crippen molar-refractivity contribution in [3.8, 4) is 84.2 Å². The Kier molecular flexibility index (Phi) is 14.1. The van der Waals surface area contributed by atoms with E-state index in [2.05, 4.69) is 401 Å². The van der Waals surface area contributed by atoms with Gasteiger partial charge in [-0.05, 0) is 179 Å². The molecule has 0 aliphatic heterocycles. The molecule has 7 nitrogen and oxygen atoms in total. The summed E-state index contributed by atoms with van der Waals surface area (Å²) in [4.78, 5) is 18.8. The maximum atomic E-state index is 5.47. The maximum absolute atomic E-state index is 5.47. The second-order valence-corrected chi connectivity index (χ2v) is 27.5. The molecule has 0 aliphatic rings. The Balaban J connectivity index is 0.678. The number of rotatable bonds is 12. The lowest BCUT2D eigenvalue weighted by atomic mass is 9.97. The van der Waals surface area contributed by atoms with Gasteiger partial charge >= 0.3 is 0 Å². The SMILES string of the molecule is c1ccc(-c2cc(-c3ccc(N(c4ccc(-c5cc(-c6ccccc6)c6cc(-n7c8ccccc8c8ccccc87)ccc6n5)cc4)c4ccc(-c5cc(-c6ccccc6)c6cc(-n7c8ccccc8c8ccccc87)ccc6n5)cc4)cc3)nc3ccc(-n4c5ccccc5c5ccccc54)cc23)cc1. The monoisotopic (exact) mass is 1350 g/mol. The van der Waals surface area contributed by atoms with E-state index in [0.29, 0.717) is 0 Å². The van der Waals surface area contributed by atoms with Gasteiger partial charge in [0.05, 0.1) is 66.7 Å². The van der Waals surface area contributed by atoms with E-state index in [9.17, 15) is 0 Å². The molecule has 0 bridgehead atoms. The number of para-hydroxylation sites is 6. The average molecular weight is 1350 g/mol. The van der Waals surface area contributed by atoms with E-state index in [-0.39, 0.29) is 0 Å². The Morgan fingerprint density at radius 1 is 0.179 bits per heavy atom. The first-order chi connectivity index (χ1) is 52.5. The van der Waals surface area contributed by atoms with E-state index >= 15 is 0 Å². The first-order valence-corrected chi connectivity index (χ1v) is 36.1. The summed E-state index contributed by atoms with van der Waals surface area (Å²) in [6.45, 7) is 0. The molecule has 0 saturated carbocycles. The smallest absolute Gasteiger partial charge is 0.0717 e. The predicted molar refractivity (Wildman–Crippen MR) is 443 cm³/mol. The standard InChI is InChI=1S/C99H63N7/c1-4-22-64(23-5-1)82-61-91(100-88-55-52-73(58-85(82)88)104-94-34-16-10-28-76(94)77-29-11-17-35-95(77)104)67-40-46-70(47-41-67)103(71-48-42-68(43-49-71)92-62-83(65-24-6-2-7-25-65)86-59-74(53-56-89(86)101-92)105-96-36-18-12-30-78(96)79-31-13-19-37-97(79)105)72-50-44-69(45-51-72)93-63-84(66-26-8-3-9-27-66)87-60-75(54-57-90(87)102-93)106-98-38-20-14-32-80(98)81-33-15-21-39-99(81)106/h1-63H. The van der Waals surface area contributed by atoms with Crippen LogP contribution in [0.3, 0.4) is 0 Å². The molecule has 0 amide bonds. The summed E-state index contributed by atoms with van der Waals surface area (Å²) in [5, 5.41) is 10.7. The zero-order chi connectivity index (χ0) is 69.8. The molecule has 0 aliphatic carbocycles. The lowest BCUT2D eigenvalue weighted by molar-refractivity contribution is 1.18. The van der Waals surface area contributed by atoms with Gasteiger partial charge in [-0.15, -0.1) is 0 Å². The van der Waals surface area contributed by atoms with Gasteiger partial charge in [-0.1, -0.05) is 237 Å². The zero-order valence-corrected chi connectivity index (χ0v) is 57.5. The van der Waals surface area contributed by atoms with Crippen LogP contribution in [0.4, 0.5) is 17.1 Å². The predicted octanol–water partition coefficient (Wildman–Crippen LogP) is 26.1. The number of nitrogens with zero attached hydrogens (tertiary/aromatic N) is 7. The van der Waals surface area contributed by atoms with E-state index in [1.54, 1.807) is 0 Å². The van der Waals surface area contributed by atoms with Gasteiger partial charge in [0, 0.05) is 99.3 Å². The van der Waals surface area contributed by atoms with Crippen LogP contribution in [0, 0.1) is 0 Å². The Morgan fingerprint density at radius 3 is 0.651 bits per heavy atom. The highest BCUT2D eigenvalue weighted by molar-refractivity contribution is 6.13. The minimum atomic E-state index is 0.893. The topological polar surface area (TPSA) is 56.7 Å². The van der Waals surface area contributed by atoms with Crippen molar-refractivity contribution in [2.45, 2.75) is 0 Å². The quantitative estimate of drug-likeness (QED) is 0.122. The van der Waals surface area contributed by atoms with Gasteiger partial charge in [0.25, 0.3) is 0 Å². The van der Waals surface area contributed by atoms with E-state index in [1.807, 2.05) is 0 Å². The van der Waals surface area contributed by atoms with Crippen LogP contribution in [0.15, 0.2) is 382 Å². The maximum Gasteiger partial charge on any atom is 0.0717 e. The van der Waals surface area contributed by atoms with Crippen molar-refractivity contribution in [3.05, 3.63) is 382 Å². The van der Waals surface area contributed by atoms with Crippen LogP contribution in [0.5, 0.6) is 0 Å². The summed E-state index contributed by atoms with van der Waals surface area (Å²) in [5.41, 5.74) is 28.5. The highest BCUT2D eigenvalue weighted by Crippen LogP contribution is 2.44. The van der Waals surface area contributed by atoms with Crippen LogP contribution in [0.2, 0.25) is 0 Å². The minimum absolute atomic E-state index is 0.893. The van der Waals surface area contributed by atoms with Crippen molar-refractivity contribution in [2.75, 3.05) is 4.90 Å². The number of anilines is 3. The van der Waals surface area contributed by atoms with Crippen molar-refractivity contribution >= 4 is 115 Å². The second kappa shape index (κ2) is 24.8. The molecule has 494 valence electrons. The lowest BCUT2D eigenvalue weighted by Crippen LogP contribution is -2.10. The molecule has 21 aromatic rings. The van der Waals surface area contributed by atoms with Gasteiger partial charge < -0.3 is 18.6 Å². The van der Waals surface area contributed by atoms with Crippen LogP contribution < -0.4 is 4.90 Å². The minimum Gasteiger partial charge on any atom is -0.311 e. The van der Waals surface area contributed by atoms with Gasteiger partial charge in [-0.2, -0.15) is 0 Å². The van der Waals surface area contributed by atoms with Crippen molar-refractivity contribution in [1.29, 1.82) is 0 Å². The van der Waals surface area contributed by atoms with Crippen molar-refractivity contribution in [1.82, 2.24) is 28.7 Å². The molecule has 21 rings (SSSR count). The average Bonchev–Trinajstić information content (AvgIpc) is 1.50. The molecule has 0 spiro atoms. The number of hydrogen-bond donors (Lipinski definition) is 0. The van der Waals surface area contributed by atoms with Gasteiger partial charge in [0.15, 0.2) is 0 Å². The van der Waals surface area contributed by atoms with Crippen LogP contribution >= 0.6 is 0 Å². The van der Waals surface area contributed by atoms with Gasteiger partial charge in [0.2, 0.25) is 0 Å². The number of fused-ring (bicyclic) bond motifs is 12. The summed E-state index contributed by atoms with van der Waals surface area (Å²) in [7, 11) is 0. The molecule has 106 heavy (non-hydrogen) atoms. The Morgan fingerprint density at radius 2 is 0.406 bits per heavy atom. The largest absolute Gasteiger partial charge is 0.311 e. The van der Waals surface area contributed by atoms with Crippen LogP contribution in [-0.4, -0.2) is 28.7 Å². The molecular weight excluding hydrogens is 1290 g/mol. The number of aromatic nitrogens is 6. The highest BCUT2D eigenvalue weighted by atomic mass is 15.1. The summed E-state index contributed by atoms with van der Waals surface area (Å²) in [5.74, 6) is 0. The molecule has 0 radical (unpaired) electrons. The summed E-state index contributed by atoms with van der Waals surface area (Å²) >= 11 is 0. The second-order valence-electron chi connectivity index (χ2n) is 27.5. The number of benzene rings is 15. The molecule has 7 heteroatoms. The summed E-state index contributed by atoms with van der Waals surface area (Å²) in [6.07, 6.45) is 0. The first-order valence-electron chi connectivity index (χ1n) is 36.1. The van der Waals surface area contributed by atoms with Gasteiger partial charge in [-0.25, -0.2) is 15.0 Å². The summed E-state index contributed by atoms with van der Waals surface area (Å²) in [6, 6.07) is 138. The fourth-order valence-corrected chi connectivity index (χ4v) is 16.5. The Hall–Kier alpha value is -14.3. The number of hydrogen-bond acceptors (Lipinski definition) is 4. The Labute approximate surface area is 611 Å². The normalized spacial score (nSPS) is 11.8. The van der Waals surface area contributed by atoms with Gasteiger partial charge in [-0.3, -0.25) is 0 Å². The van der Waals surface area contributed by atoms with E-state index in [1.165, 1.54) is 65.4 Å². The van der Waals surface area contributed by atoms with Crippen molar-refractivity contribution < 1.29 is 0 Å². The summed E-state index contributed by atoms with van der Waals surface area (Å²) < 4.78 is 7.15. The highest BCUT2D eigenvalue weighted by Gasteiger charge is 2.22. The molecule has 6 aromatic heterocycles. The van der Waals surface area contributed by atoms with Crippen LogP contribution in [0.25, 0.3) is 182 Å². The first kappa shape index (κ1) is 60.5. The third-order valence-corrected chi connectivity index (χ3v) is 21.4. The van der Waals surface area contributed by atoms with Gasteiger partial charge in [0.1, 0.15) is 0 Å². The fraction of sp³-hybridized carbons (Fsp3) is 0. The molecule has 15 aromatic carbocycles. The lowest BCUT2D eigenvalue weighted by Gasteiger charge is -2.26. The third-order valence-electron chi connectivity index (χ3n) is 21.4. The molecular formula is C99H63N7. The van der Waals surface area contributed by atoms with Crippen LogP contribution in [-0.2, 0) is 0 Å². The number of pyridine rings is 3. The van der Waals surface area contributed by atoms with Crippen molar-refractivity contribution in [3.63, 3.8) is 0 Å². The van der Waals surface area contributed by atoms with Crippen molar-refractivity contribution in [2.24, 2.45) is 0 Å². The molecule has 6 heterocycles. The van der Waals surface area contributed by atoms with E-state index in [0.717, 1.165) is 134 Å². The van der Waals surface area contributed by atoms with E-state index in [4.69, 9.17) is 15.0 Å². The molecule has 0 atom stereocenters. The molecule has 0 unspecified atom stereocenters. The molecule has 0 saturated heterocycles. The molecule has 0 fully saturated rings. The fourth-order valence-electron chi connectivity index (χ4n) is 16.5.